The molecule has 0 aliphatic rings. The van der Waals surface area contributed by atoms with Crippen molar-refractivity contribution in [2.45, 2.75) is 30.8 Å². The number of hydrogen-bond donors (Lipinski definition) is 1. The smallest absolute Gasteiger partial charge is 0.237 e. The van der Waals surface area contributed by atoms with E-state index in [1.54, 1.807) is 19.5 Å². The molecule has 2 rings (SSSR count). The van der Waals surface area contributed by atoms with E-state index >= 15 is 0 Å². The van der Waals surface area contributed by atoms with Crippen LogP contribution in [0.2, 0.25) is 0 Å². The van der Waals surface area contributed by atoms with Crippen molar-refractivity contribution in [3.63, 3.8) is 0 Å². The summed E-state index contributed by atoms with van der Waals surface area (Å²) >= 11 is 1.35. The molecule has 0 saturated carbocycles. The molecule has 1 aromatic heterocycles. The highest BCUT2D eigenvalue weighted by Crippen LogP contribution is 2.27. The summed E-state index contributed by atoms with van der Waals surface area (Å²) < 4.78 is 7.12. The monoisotopic (exact) mass is 332 g/mol. The average Bonchev–Trinajstić information content (AvgIpc) is 2.95. The van der Waals surface area contributed by atoms with Crippen molar-refractivity contribution in [1.82, 2.24) is 14.8 Å². The Labute approximate surface area is 139 Å². The van der Waals surface area contributed by atoms with E-state index in [0.717, 1.165) is 5.56 Å². The van der Waals surface area contributed by atoms with Crippen molar-refractivity contribution in [3.8, 4) is 5.75 Å². The van der Waals surface area contributed by atoms with E-state index in [1.807, 2.05) is 36.6 Å². The molecular formula is C16H20N4O2S. The molecular weight excluding hydrogens is 312 g/mol. The second-order valence-corrected chi connectivity index (χ2v) is 6.32. The van der Waals surface area contributed by atoms with Crippen LogP contribution in [-0.4, -0.2) is 33.0 Å². The third-order valence-corrected chi connectivity index (χ3v) is 4.26. The Hall–Kier alpha value is -2.28. The maximum atomic E-state index is 12.4. The van der Waals surface area contributed by atoms with Crippen molar-refractivity contribution in [2.24, 2.45) is 0 Å². The molecule has 1 aromatic carbocycles. The van der Waals surface area contributed by atoms with Crippen LogP contribution in [0.3, 0.4) is 0 Å². The van der Waals surface area contributed by atoms with Gasteiger partial charge in [0.2, 0.25) is 5.91 Å². The third-order valence-electron chi connectivity index (χ3n) is 3.17. The largest absolute Gasteiger partial charge is 0.495 e. The molecule has 6 nitrogen and oxygen atoms in total. The molecule has 0 bridgehead atoms. The lowest BCUT2D eigenvalue weighted by atomic mass is 10.2. The Balaban J connectivity index is 2.07. The number of nitrogens with zero attached hydrogens (tertiary/aromatic N) is 3. The Morgan fingerprint density at radius 3 is 3.04 bits per heavy atom. The van der Waals surface area contributed by atoms with Crippen molar-refractivity contribution < 1.29 is 9.53 Å². The fourth-order valence-corrected chi connectivity index (χ4v) is 2.80. The lowest BCUT2D eigenvalue weighted by molar-refractivity contribution is -0.115. The highest BCUT2D eigenvalue weighted by atomic mass is 32.2. The first-order chi connectivity index (χ1) is 11.0. The number of aryl methyl sites for hydroxylation is 1. The first-order valence-electron chi connectivity index (χ1n) is 7.16. The number of allylic oxidation sites excluding steroid dienone is 1. The summed E-state index contributed by atoms with van der Waals surface area (Å²) in [5.41, 5.74) is 1.71. The van der Waals surface area contributed by atoms with Gasteiger partial charge in [0.15, 0.2) is 5.16 Å². The molecule has 0 aliphatic carbocycles. The molecule has 0 aliphatic heterocycles. The van der Waals surface area contributed by atoms with E-state index in [1.165, 1.54) is 11.8 Å². The minimum Gasteiger partial charge on any atom is -0.495 e. The minimum absolute atomic E-state index is 0.118. The molecule has 1 N–H and O–H groups in total. The van der Waals surface area contributed by atoms with Gasteiger partial charge in [0.05, 0.1) is 18.0 Å². The lowest BCUT2D eigenvalue weighted by Gasteiger charge is -2.14. The summed E-state index contributed by atoms with van der Waals surface area (Å²) in [6.45, 7) is 8.09. The zero-order chi connectivity index (χ0) is 16.8. The minimum atomic E-state index is -0.326. The first-order valence-corrected chi connectivity index (χ1v) is 8.04. The van der Waals surface area contributed by atoms with Gasteiger partial charge in [-0.2, -0.15) is 0 Å². The fourth-order valence-electron chi connectivity index (χ4n) is 1.97. The molecule has 1 amide bonds. The SMILES string of the molecule is C=CCn1cnnc1SC(C)C(=O)Nc1cc(C)ccc1OC. The second kappa shape index (κ2) is 7.82. The zero-order valence-corrected chi connectivity index (χ0v) is 14.3. The number of anilines is 1. The van der Waals surface area contributed by atoms with Gasteiger partial charge in [0.25, 0.3) is 0 Å². The molecule has 0 spiro atoms. The summed E-state index contributed by atoms with van der Waals surface area (Å²) in [6.07, 6.45) is 3.38. The van der Waals surface area contributed by atoms with Crippen LogP contribution in [0, 0.1) is 6.92 Å². The van der Waals surface area contributed by atoms with Crippen LogP contribution in [0.1, 0.15) is 12.5 Å². The van der Waals surface area contributed by atoms with Crippen molar-refractivity contribution >= 4 is 23.4 Å². The first kappa shape index (κ1) is 17.1. The Bertz CT molecular complexity index is 699. The van der Waals surface area contributed by atoms with E-state index in [-0.39, 0.29) is 11.2 Å². The Morgan fingerprint density at radius 1 is 1.57 bits per heavy atom. The molecule has 1 heterocycles. The number of methoxy groups -OCH3 is 1. The van der Waals surface area contributed by atoms with Crippen LogP contribution in [0.15, 0.2) is 42.3 Å². The van der Waals surface area contributed by atoms with E-state index < -0.39 is 0 Å². The van der Waals surface area contributed by atoms with E-state index in [4.69, 9.17) is 4.74 Å². The molecule has 0 radical (unpaired) electrons. The molecule has 23 heavy (non-hydrogen) atoms. The number of thioether (sulfide) groups is 1. The van der Waals surface area contributed by atoms with E-state index in [2.05, 4.69) is 22.1 Å². The van der Waals surface area contributed by atoms with Gasteiger partial charge in [0.1, 0.15) is 12.1 Å². The van der Waals surface area contributed by atoms with Crippen molar-refractivity contribution in [3.05, 3.63) is 42.7 Å². The van der Waals surface area contributed by atoms with E-state index in [9.17, 15) is 4.79 Å². The summed E-state index contributed by atoms with van der Waals surface area (Å²) in [4.78, 5) is 12.4. The van der Waals surface area contributed by atoms with Gasteiger partial charge in [-0.1, -0.05) is 23.9 Å². The second-order valence-electron chi connectivity index (χ2n) is 5.01. The predicted octanol–water partition coefficient (Wildman–Crippen LogP) is 2.90. The molecule has 0 fully saturated rings. The number of carbonyl (C=O) groups excluding carboxylic acids is 1. The predicted molar refractivity (Wildman–Crippen MR) is 91.9 cm³/mol. The summed E-state index contributed by atoms with van der Waals surface area (Å²) in [6, 6.07) is 5.65. The average molecular weight is 332 g/mol. The van der Waals surface area contributed by atoms with Gasteiger partial charge in [0, 0.05) is 6.54 Å². The van der Waals surface area contributed by atoms with Gasteiger partial charge in [-0.3, -0.25) is 4.79 Å². The van der Waals surface area contributed by atoms with Crippen molar-refractivity contribution in [2.75, 3.05) is 12.4 Å². The number of aromatic nitrogens is 3. The van der Waals surface area contributed by atoms with Gasteiger partial charge < -0.3 is 14.6 Å². The quantitative estimate of drug-likeness (QED) is 0.624. The third kappa shape index (κ3) is 4.35. The number of carbonyl (C=O) groups is 1. The standard InChI is InChI=1S/C16H20N4O2S/c1-5-8-20-10-17-19-16(20)23-12(3)15(21)18-13-9-11(2)6-7-14(13)22-4/h5-7,9-10,12H,1,8H2,2-4H3,(H,18,21). The number of ether oxygens (including phenoxy) is 1. The van der Waals surface area contributed by atoms with Crippen LogP contribution in [0.5, 0.6) is 5.75 Å². The summed E-state index contributed by atoms with van der Waals surface area (Å²) in [5.74, 6) is 0.517. The maximum Gasteiger partial charge on any atom is 0.237 e. The maximum absolute atomic E-state index is 12.4. The number of hydrogen-bond acceptors (Lipinski definition) is 5. The normalized spacial score (nSPS) is 11.8. The highest BCUT2D eigenvalue weighted by Gasteiger charge is 2.19. The van der Waals surface area contributed by atoms with Crippen LogP contribution < -0.4 is 10.1 Å². The van der Waals surface area contributed by atoms with Gasteiger partial charge in [-0.05, 0) is 31.5 Å². The fraction of sp³-hybridized carbons (Fsp3) is 0.312. The van der Waals surface area contributed by atoms with Crippen LogP contribution >= 0.6 is 11.8 Å². The van der Waals surface area contributed by atoms with Gasteiger partial charge >= 0.3 is 0 Å². The van der Waals surface area contributed by atoms with Crippen molar-refractivity contribution in [1.29, 1.82) is 0 Å². The lowest BCUT2D eigenvalue weighted by Crippen LogP contribution is -2.23. The molecule has 122 valence electrons. The summed E-state index contributed by atoms with van der Waals surface area (Å²) in [5, 5.41) is 11.2. The topological polar surface area (TPSA) is 69.0 Å². The van der Waals surface area contributed by atoms with Crippen LogP contribution in [0.4, 0.5) is 5.69 Å². The number of nitrogens with one attached hydrogen (secondary N) is 1. The molecule has 1 unspecified atom stereocenters. The highest BCUT2D eigenvalue weighted by molar-refractivity contribution is 8.00. The molecule has 2 aromatic rings. The number of rotatable bonds is 7. The van der Waals surface area contributed by atoms with Crippen LogP contribution in [-0.2, 0) is 11.3 Å². The van der Waals surface area contributed by atoms with Gasteiger partial charge in [-0.15, -0.1) is 16.8 Å². The van der Waals surface area contributed by atoms with E-state index in [0.29, 0.717) is 23.1 Å². The number of amides is 1. The molecule has 1 atom stereocenters. The van der Waals surface area contributed by atoms with Crippen LogP contribution in [0.25, 0.3) is 0 Å². The Kier molecular flexibility index (Phi) is 5.81. The molecule has 0 saturated heterocycles. The number of benzene rings is 1. The summed E-state index contributed by atoms with van der Waals surface area (Å²) in [7, 11) is 1.58. The zero-order valence-electron chi connectivity index (χ0n) is 13.4. The van der Waals surface area contributed by atoms with Gasteiger partial charge in [-0.25, -0.2) is 0 Å². The Morgan fingerprint density at radius 2 is 2.35 bits per heavy atom. The molecule has 7 heteroatoms.